The van der Waals surface area contributed by atoms with Gasteiger partial charge in [-0.3, -0.25) is 0 Å². The maximum atomic E-state index is 9.16. The van der Waals surface area contributed by atoms with E-state index in [0.717, 1.165) is 6.42 Å². The van der Waals surface area contributed by atoms with E-state index < -0.39 is 0 Å². The number of rotatable bonds is 4. The van der Waals surface area contributed by atoms with Crippen LogP contribution in [0.1, 0.15) is 31.7 Å². The van der Waals surface area contributed by atoms with Gasteiger partial charge in [0.25, 0.3) is 0 Å². The molecule has 0 heterocycles. The van der Waals surface area contributed by atoms with Crippen LogP contribution in [0, 0.1) is 5.92 Å². The molecule has 0 spiro atoms. The molecular formula is C12H18O. The van der Waals surface area contributed by atoms with Gasteiger partial charge in [0, 0.05) is 6.61 Å². The summed E-state index contributed by atoms with van der Waals surface area (Å²) in [6.07, 6.45) is 1.03. The Kier molecular flexibility index (Phi) is 3.97. The van der Waals surface area contributed by atoms with Crippen LogP contribution < -0.4 is 0 Å². The number of aliphatic hydroxyl groups is 1. The van der Waals surface area contributed by atoms with Crippen molar-refractivity contribution in [2.45, 2.75) is 26.2 Å². The molecule has 0 aliphatic rings. The van der Waals surface area contributed by atoms with Crippen molar-refractivity contribution in [2.24, 2.45) is 5.92 Å². The molecule has 0 bridgehead atoms. The van der Waals surface area contributed by atoms with Crippen molar-refractivity contribution in [3.05, 3.63) is 35.9 Å². The third-order valence-electron chi connectivity index (χ3n) is 2.79. The Bertz CT molecular complexity index is 226. The second-order valence-electron chi connectivity index (χ2n) is 3.55. The monoisotopic (exact) mass is 178 g/mol. The van der Waals surface area contributed by atoms with Crippen molar-refractivity contribution in [1.29, 1.82) is 0 Å². The molecule has 0 radical (unpaired) electrons. The molecule has 72 valence electrons. The molecule has 0 fully saturated rings. The molecule has 0 saturated heterocycles. The maximum absolute atomic E-state index is 9.16. The highest BCUT2D eigenvalue weighted by molar-refractivity contribution is 5.19. The summed E-state index contributed by atoms with van der Waals surface area (Å²) in [6.45, 7) is 4.59. The first-order valence-corrected chi connectivity index (χ1v) is 4.95. The zero-order valence-electron chi connectivity index (χ0n) is 8.40. The van der Waals surface area contributed by atoms with Crippen LogP contribution in [-0.2, 0) is 0 Å². The van der Waals surface area contributed by atoms with Crippen molar-refractivity contribution in [1.82, 2.24) is 0 Å². The highest BCUT2D eigenvalue weighted by atomic mass is 16.3. The van der Waals surface area contributed by atoms with Crippen LogP contribution in [0.2, 0.25) is 0 Å². The van der Waals surface area contributed by atoms with Gasteiger partial charge in [-0.15, -0.1) is 0 Å². The molecule has 1 rings (SSSR count). The minimum absolute atomic E-state index is 0.284. The fraction of sp³-hybridized carbons (Fsp3) is 0.500. The van der Waals surface area contributed by atoms with Crippen molar-refractivity contribution in [3.8, 4) is 0 Å². The highest BCUT2D eigenvalue weighted by Crippen LogP contribution is 2.25. The average molecular weight is 178 g/mol. The molecule has 1 heteroatoms. The number of aliphatic hydroxyl groups excluding tert-OH is 1. The lowest BCUT2D eigenvalue weighted by molar-refractivity contribution is 0.204. The molecule has 1 N–H and O–H groups in total. The molecule has 0 aromatic heterocycles. The van der Waals surface area contributed by atoms with E-state index in [1.54, 1.807) is 0 Å². The number of benzene rings is 1. The van der Waals surface area contributed by atoms with Gasteiger partial charge in [-0.2, -0.15) is 0 Å². The Hall–Kier alpha value is -0.820. The Balaban J connectivity index is 2.72. The molecule has 0 aliphatic carbocycles. The van der Waals surface area contributed by atoms with Gasteiger partial charge in [0.1, 0.15) is 0 Å². The maximum Gasteiger partial charge on any atom is 0.0464 e. The lowest BCUT2D eigenvalue weighted by Crippen LogP contribution is -2.13. The van der Waals surface area contributed by atoms with Crippen LogP contribution in [-0.4, -0.2) is 11.7 Å². The predicted molar refractivity (Wildman–Crippen MR) is 55.7 cm³/mol. The molecule has 0 unspecified atom stereocenters. The Morgan fingerprint density at radius 2 is 1.85 bits per heavy atom. The summed E-state index contributed by atoms with van der Waals surface area (Å²) < 4.78 is 0. The first-order valence-electron chi connectivity index (χ1n) is 4.95. The van der Waals surface area contributed by atoms with Gasteiger partial charge in [-0.1, -0.05) is 50.6 Å². The minimum Gasteiger partial charge on any atom is -0.396 e. The van der Waals surface area contributed by atoms with Crippen LogP contribution in [0.4, 0.5) is 0 Å². The molecule has 0 aliphatic heterocycles. The summed E-state index contributed by atoms with van der Waals surface area (Å²) in [5.74, 6) is 0.846. The third-order valence-corrected chi connectivity index (χ3v) is 2.79. The first-order chi connectivity index (χ1) is 6.29. The zero-order chi connectivity index (χ0) is 9.68. The quantitative estimate of drug-likeness (QED) is 0.751. The summed E-state index contributed by atoms with van der Waals surface area (Å²) >= 11 is 0. The molecule has 1 aromatic rings. The van der Waals surface area contributed by atoms with Crippen molar-refractivity contribution >= 4 is 0 Å². The van der Waals surface area contributed by atoms with Crippen LogP contribution in [0.3, 0.4) is 0 Å². The van der Waals surface area contributed by atoms with Crippen molar-refractivity contribution in [2.75, 3.05) is 6.61 Å². The average Bonchev–Trinajstić information content (AvgIpc) is 2.21. The van der Waals surface area contributed by atoms with Crippen LogP contribution in [0.5, 0.6) is 0 Å². The smallest absolute Gasteiger partial charge is 0.0464 e. The normalized spacial score (nSPS) is 15.3. The highest BCUT2D eigenvalue weighted by Gasteiger charge is 2.15. The third kappa shape index (κ3) is 2.56. The molecule has 0 amide bonds. The standard InChI is InChI=1S/C12H18O/c1-3-11(9-13)10(2)12-7-5-4-6-8-12/h4-8,10-11,13H,3,9H2,1-2H3/t10-,11-/m1/s1. The second kappa shape index (κ2) is 5.03. The minimum atomic E-state index is 0.284. The summed E-state index contributed by atoms with van der Waals surface area (Å²) in [5.41, 5.74) is 1.32. The molecule has 0 saturated carbocycles. The number of hydrogen-bond donors (Lipinski definition) is 1. The summed E-state index contributed by atoms with van der Waals surface area (Å²) in [7, 11) is 0. The van der Waals surface area contributed by atoms with E-state index in [1.165, 1.54) is 5.56 Å². The predicted octanol–water partition coefficient (Wildman–Crippen LogP) is 2.81. The summed E-state index contributed by atoms with van der Waals surface area (Å²) in [4.78, 5) is 0. The van der Waals surface area contributed by atoms with E-state index in [1.807, 2.05) is 6.07 Å². The largest absolute Gasteiger partial charge is 0.396 e. The number of hydrogen-bond acceptors (Lipinski definition) is 1. The van der Waals surface area contributed by atoms with Gasteiger partial charge >= 0.3 is 0 Å². The molecular weight excluding hydrogens is 160 g/mol. The fourth-order valence-electron chi connectivity index (χ4n) is 1.67. The topological polar surface area (TPSA) is 20.2 Å². The van der Waals surface area contributed by atoms with E-state index in [2.05, 4.69) is 38.1 Å². The van der Waals surface area contributed by atoms with Crippen LogP contribution in [0.15, 0.2) is 30.3 Å². The van der Waals surface area contributed by atoms with Crippen LogP contribution in [0.25, 0.3) is 0 Å². The van der Waals surface area contributed by atoms with Gasteiger partial charge in [-0.25, -0.2) is 0 Å². The zero-order valence-corrected chi connectivity index (χ0v) is 8.40. The van der Waals surface area contributed by atoms with E-state index >= 15 is 0 Å². The first kappa shape index (κ1) is 10.3. The summed E-state index contributed by atoms with van der Waals surface area (Å²) in [6, 6.07) is 10.4. The van der Waals surface area contributed by atoms with Crippen molar-refractivity contribution in [3.63, 3.8) is 0 Å². The van der Waals surface area contributed by atoms with E-state index in [9.17, 15) is 0 Å². The van der Waals surface area contributed by atoms with Gasteiger partial charge in [0.15, 0.2) is 0 Å². The molecule has 13 heavy (non-hydrogen) atoms. The Morgan fingerprint density at radius 1 is 1.23 bits per heavy atom. The van der Waals surface area contributed by atoms with Crippen LogP contribution >= 0.6 is 0 Å². The van der Waals surface area contributed by atoms with E-state index in [0.29, 0.717) is 11.8 Å². The van der Waals surface area contributed by atoms with Gasteiger partial charge in [0.05, 0.1) is 0 Å². The summed E-state index contributed by atoms with van der Waals surface area (Å²) in [5, 5.41) is 9.16. The molecule has 1 aromatic carbocycles. The Labute approximate surface area is 80.4 Å². The lowest BCUT2D eigenvalue weighted by atomic mass is 9.86. The molecule has 1 nitrogen and oxygen atoms in total. The van der Waals surface area contributed by atoms with Gasteiger partial charge in [0.2, 0.25) is 0 Å². The SMILES string of the molecule is CC[C@H](CO)[C@@H](C)c1ccccc1. The Morgan fingerprint density at radius 3 is 2.31 bits per heavy atom. The van der Waals surface area contributed by atoms with Gasteiger partial charge in [-0.05, 0) is 17.4 Å². The van der Waals surface area contributed by atoms with E-state index in [-0.39, 0.29) is 6.61 Å². The fourth-order valence-corrected chi connectivity index (χ4v) is 1.67. The van der Waals surface area contributed by atoms with Crippen molar-refractivity contribution < 1.29 is 5.11 Å². The second-order valence-corrected chi connectivity index (χ2v) is 3.55. The van der Waals surface area contributed by atoms with Gasteiger partial charge < -0.3 is 5.11 Å². The lowest BCUT2D eigenvalue weighted by Gasteiger charge is -2.20. The molecule has 2 atom stereocenters. The van der Waals surface area contributed by atoms with E-state index in [4.69, 9.17) is 5.11 Å².